The fraction of sp³-hybridized carbons (Fsp3) is 0.120. The second-order valence-corrected chi connectivity index (χ2v) is 9.40. The summed E-state index contributed by atoms with van der Waals surface area (Å²) < 4.78 is 11.0. The molecule has 0 spiro atoms. The number of carbonyl (C=O) groups excluding carboxylic acids is 3. The minimum absolute atomic E-state index is 0.0282. The predicted molar refractivity (Wildman–Crippen MR) is 137 cm³/mol. The van der Waals surface area contributed by atoms with Crippen molar-refractivity contribution in [3.05, 3.63) is 76.7 Å². The number of thioether (sulfide) groups is 1. The lowest BCUT2D eigenvalue weighted by Gasteiger charge is -2.14. The van der Waals surface area contributed by atoms with Gasteiger partial charge in [0.1, 0.15) is 4.32 Å². The first-order valence-corrected chi connectivity index (χ1v) is 11.9. The van der Waals surface area contributed by atoms with Crippen molar-refractivity contribution in [3.63, 3.8) is 0 Å². The van der Waals surface area contributed by atoms with Gasteiger partial charge in [0.2, 0.25) is 12.7 Å². The van der Waals surface area contributed by atoms with Crippen molar-refractivity contribution in [1.82, 2.24) is 15.8 Å². The van der Waals surface area contributed by atoms with E-state index in [9.17, 15) is 14.4 Å². The summed E-state index contributed by atoms with van der Waals surface area (Å²) in [5.41, 5.74) is 6.08. The summed E-state index contributed by atoms with van der Waals surface area (Å²) in [5, 5.41) is 1.71. The molecule has 0 aromatic heterocycles. The molecule has 35 heavy (non-hydrogen) atoms. The van der Waals surface area contributed by atoms with Crippen LogP contribution in [-0.2, 0) is 9.59 Å². The summed E-state index contributed by atoms with van der Waals surface area (Å²) >= 11 is 6.51. The molecule has 5 rings (SSSR count). The predicted octanol–water partition coefficient (Wildman–Crippen LogP) is 3.62. The number of ether oxygens (including phenoxy) is 2. The van der Waals surface area contributed by atoms with Crippen LogP contribution in [0.15, 0.2) is 65.6 Å². The van der Waals surface area contributed by atoms with Crippen LogP contribution in [0.4, 0.5) is 0 Å². The molecule has 1 saturated heterocycles. The number of rotatable bonds is 5. The molecule has 2 aliphatic rings. The van der Waals surface area contributed by atoms with Gasteiger partial charge in [-0.1, -0.05) is 66.4 Å². The molecule has 2 aliphatic heterocycles. The van der Waals surface area contributed by atoms with Gasteiger partial charge in [-0.2, -0.15) is 0 Å². The van der Waals surface area contributed by atoms with E-state index in [1.54, 1.807) is 30.3 Å². The molecule has 0 bridgehead atoms. The van der Waals surface area contributed by atoms with Gasteiger partial charge in [0.25, 0.3) is 11.8 Å². The monoisotopic (exact) mass is 505 g/mol. The molecule has 3 aromatic carbocycles. The van der Waals surface area contributed by atoms with Gasteiger partial charge in [-0.05, 0) is 40.6 Å². The number of benzene rings is 3. The van der Waals surface area contributed by atoms with Crippen LogP contribution in [-0.4, -0.2) is 40.3 Å². The third-order valence-electron chi connectivity index (χ3n) is 5.48. The number of hydrogen-bond donors (Lipinski definition) is 2. The third-order valence-corrected chi connectivity index (χ3v) is 6.86. The SMILES string of the molecule is O=C(CCN1C(=O)/C(=C/c2ccc3c(c2)OCO3)SC1=S)NNC(=O)c1cccc2ccccc12. The van der Waals surface area contributed by atoms with E-state index in [-0.39, 0.29) is 25.7 Å². The highest BCUT2D eigenvalue weighted by atomic mass is 32.2. The van der Waals surface area contributed by atoms with Crippen molar-refractivity contribution >= 4 is 62.9 Å². The molecular formula is C25H19N3O5S2. The summed E-state index contributed by atoms with van der Waals surface area (Å²) in [7, 11) is 0. The zero-order valence-electron chi connectivity index (χ0n) is 18.3. The minimum Gasteiger partial charge on any atom is -0.454 e. The van der Waals surface area contributed by atoms with Crippen LogP contribution in [0.5, 0.6) is 11.5 Å². The van der Waals surface area contributed by atoms with Crippen molar-refractivity contribution < 1.29 is 23.9 Å². The smallest absolute Gasteiger partial charge is 0.270 e. The Kier molecular flexibility index (Phi) is 6.39. The first kappa shape index (κ1) is 22.9. The van der Waals surface area contributed by atoms with E-state index in [1.807, 2.05) is 36.4 Å². The molecule has 3 aromatic rings. The largest absolute Gasteiger partial charge is 0.454 e. The second kappa shape index (κ2) is 9.77. The van der Waals surface area contributed by atoms with Crippen molar-refractivity contribution in [1.29, 1.82) is 0 Å². The van der Waals surface area contributed by atoms with E-state index in [2.05, 4.69) is 10.9 Å². The van der Waals surface area contributed by atoms with Gasteiger partial charge in [0, 0.05) is 18.5 Å². The van der Waals surface area contributed by atoms with Crippen LogP contribution in [0, 0.1) is 0 Å². The zero-order valence-corrected chi connectivity index (χ0v) is 19.9. The van der Waals surface area contributed by atoms with Gasteiger partial charge >= 0.3 is 0 Å². The number of amides is 3. The first-order valence-electron chi connectivity index (χ1n) is 10.7. The highest BCUT2D eigenvalue weighted by Crippen LogP contribution is 2.36. The minimum atomic E-state index is -0.438. The second-order valence-electron chi connectivity index (χ2n) is 7.73. The molecule has 2 N–H and O–H groups in total. The van der Waals surface area contributed by atoms with Crippen molar-refractivity contribution in [2.75, 3.05) is 13.3 Å². The number of hydrazine groups is 1. The summed E-state index contributed by atoms with van der Waals surface area (Å²) in [6, 6.07) is 18.3. The topological polar surface area (TPSA) is 97.0 Å². The maximum Gasteiger partial charge on any atom is 0.270 e. The summed E-state index contributed by atoms with van der Waals surface area (Å²) in [6.45, 7) is 0.268. The summed E-state index contributed by atoms with van der Waals surface area (Å²) in [6.07, 6.45) is 1.70. The maximum atomic E-state index is 12.8. The van der Waals surface area contributed by atoms with Crippen LogP contribution in [0.2, 0.25) is 0 Å². The Morgan fingerprint density at radius 2 is 1.83 bits per heavy atom. The van der Waals surface area contributed by atoms with Crippen molar-refractivity contribution in [2.24, 2.45) is 0 Å². The average Bonchev–Trinajstić information content (AvgIpc) is 3.44. The maximum absolute atomic E-state index is 12.8. The molecule has 8 nitrogen and oxygen atoms in total. The van der Waals surface area contributed by atoms with E-state index < -0.39 is 11.8 Å². The summed E-state index contributed by atoms with van der Waals surface area (Å²) in [4.78, 5) is 39.6. The zero-order chi connectivity index (χ0) is 24.4. The van der Waals surface area contributed by atoms with Gasteiger partial charge in [0.15, 0.2) is 11.5 Å². The molecule has 0 atom stereocenters. The molecular weight excluding hydrogens is 486 g/mol. The molecule has 0 unspecified atom stereocenters. The van der Waals surface area contributed by atoms with Crippen LogP contribution in [0.3, 0.4) is 0 Å². The molecule has 2 heterocycles. The lowest BCUT2D eigenvalue weighted by atomic mass is 10.0. The van der Waals surface area contributed by atoms with E-state index in [4.69, 9.17) is 21.7 Å². The van der Waals surface area contributed by atoms with Crippen molar-refractivity contribution in [3.8, 4) is 11.5 Å². The van der Waals surface area contributed by atoms with Gasteiger partial charge in [-0.15, -0.1) is 0 Å². The average molecular weight is 506 g/mol. The Labute approximate surface area is 210 Å². The fourth-order valence-electron chi connectivity index (χ4n) is 3.74. The van der Waals surface area contributed by atoms with Crippen LogP contribution in [0.25, 0.3) is 16.8 Å². The number of thiocarbonyl (C=S) groups is 1. The molecule has 1 fully saturated rings. The molecule has 0 saturated carbocycles. The highest BCUT2D eigenvalue weighted by Gasteiger charge is 2.32. The molecule has 0 aliphatic carbocycles. The Balaban J connectivity index is 1.16. The number of carbonyl (C=O) groups is 3. The van der Waals surface area contributed by atoms with Gasteiger partial charge in [0.05, 0.1) is 4.91 Å². The Morgan fingerprint density at radius 3 is 2.71 bits per heavy atom. The van der Waals surface area contributed by atoms with Crippen LogP contribution < -0.4 is 20.3 Å². The molecule has 0 radical (unpaired) electrons. The Bertz CT molecular complexity index is 1400. The van der Waals surface area contributed by atoms with E-state index in [0.717, 1.165) is 16.3 Å². The molecule has 3 amide bonds. The van der Waals surface area contributed by atoms with Gasteiger partial charge in [-0.3, -0.25) is 30.1 Å². The molecule has 176 valence electrons. The summed E-state index contributed by atoms with van der Waals surface area (Å²) in [5.74, 6) is 0.148. The quantitative estimate of drug-likeness (QED) is 0.311. The van der Waals surface area contributed by atoms with Crippen molar-refractivity contribution in [2.45, 2.75) is 6.42 Å². The Hall–Kier alpha value is -3.89. The molecule has 10 heteroatoms. The lowest BCUT2D eigenvalue weighted by Crippen LogP contribution is -2.43. The van der Waals surface area contributed by atoms with Crippen LogP contribution >= 0.6 is 24.0 Å². The third kappa shape index (κ3) is 4.84. The lowest BCUT2D eigenvalue weighted by molar-refractivity contribution is -0.124. The van der Waals surface area contributed by atoms with E-state index >= 15 is 0 Å². The van der Waals surface area contributed by atoms with Crippen LogP contribution in [0.1, 0.15) is 22.3 Å². The first-order chi connectivity index (χ1) is 17.0. The Morgan fingerprint density at radius 1 is 1.03 bits per heavy atom. The number of nitrogens with one attached hydrogen (secondary N) is 2. The van der Waals surface area contributed by atoms with Gasteiger partial charge in [-0.25, -0.2) is 0 Å². The van der Waals surface area contributed by atoms with Gasteiger partial charge < -0.3 is 9.47 Å². The van der Waals surface area contributed by atoms with E-state index in [0.29, 0.717) is 26.3 Å². The highest BCUT2D eigenvalue weighted by molar-refractivity contribution is 8.26. The standard InChI is InChI=1S/C25H19N3O5S2/c29-22(26-27-23(30)18-7-3-5-16-4-1-2-6-17(16)18)10-11-28-24(31)21(35-25(28)34)13-15-8-9-19-20(12-15)33-14-32-19/h1-9,12-13H,10-11,14H2,(H,26,29)(H,27,30)/b21-13-. The number of hydrogen-bond acceptors (Lipinski definition) is 7. The van der Waals surface area contributed by atoms with E-state index in [1.165, 1.54) is 16.7 Å². The fourth-order valence-corrected chi connectivity index (χ4v) is 5.05. The normalized spacial score (nSPS) is 15.7. The number of fused-ring (bicyclic) bond motifs is 2. The number of nitrogens with zero attached hydrogens (tertiary/aromatic N) is 1.